The van der Waals surface area contributed by atoms with E-state index in [-0.39, 0.29) is 5.91 Å². The minimum absolute atomic E-state index is 0.104. The van der Waals surface area contributed by atoms with Crippen LogP contribution in [0.15, 0.2) is 22.8 Å². The van der Waals surface area contributed by atoms with Crippen LogP contribution < -0.4 is 5.32 Å². The maximum Gasteiger partial charge on any atom is 0.286 e. The Morgan fingerprint density at radius 1 is 1.53 bits per heavy atom. The van der Waals surface area contributed by atoms with E-state index in [2.05, 4.69) is 12.2 Å². The first kappa shape index (κ1) is 10.3. The summed E-state index contributed by atoms with van der Waals surface area (Å²) in [6, 6.07) is 3.42. The van der Waals surface area contributed by atoms with Gasteiger partial charge in [-0.25, -0.2) is 0 Å². The molecule has 0 spiro atoms. The van der Waals surface area contributed by atoms with Crippen molar-refractivity contribution in [3.63, 3.8) is 0 Å². The Bertz CT molecular complexity index is 323. The van der Waals surface area contributed by atoms with Crippen LogP contribution in [0.1, 0.15) is 43.2 Å². The zero-order valence-corrected chi connectivity index (χ0v) is 9.08. The third kappa shape index (κ3) is 2.41. The summed E-state index contributed by atoms with van der Waals surface area (Å²) in [4.78, 5) is 11.6. The normalized spacial score (nSPS) is 19.0. The van der Waals surface area contributed by atoms with Gasteiger partial charge in [-0.1, -0.05) is 19.8 Å². The Balaban J connectivity index is 1.85. The molecule has 1 aromatic rings. The van der Waals surface area contributed by atoms with Crippen LogP contribution in [-0.4, -0.2) is 12.5 Å². The van der Waals surface area contributed by atoms with E-state index in [0.717, 1.165) is 6.54 Å². The third-order valence-electron chi connectivity index (χ3n) is 3.23. The van der Waals surface area contributed by atoms with E-state index in [1.54, 1.807) is 12.1 Å². The lowest BCUT2D eigenvalue weighted by molar-refractivity contribution is 0.0906. The predicted molar refractivity (Wildman–Crippen MR) is 57.6 cm³/mol. The minimum atomic E-state index is -0.104. The second-order valence-corrected chi connectivity index (χ2v) is 4.68. The van der Waals surface area contributed by atoms with Gasteiger partial charge in [-0.3, -0.25) is 4.79 Å². The molecule has 0 unspecified atom stereocenters. The standard InChI is InChI=1S/C12H17NO2/c1-12(6-2-3-7-12)9-13-11(14)10-5-4-8-15-10/h4-5,8H,2-3,6-7,9H2,1H3,(H,13,14). The van der Waals surface area contributed by atoms with Crippen LogP contribution in [0.2, 0.25) is 0 Å². The number of hydrogen-bond donors (Lipinski definition) is 1. The molecular weight excluding hydrogens is 190 g/mol. The van der Waals surface area contributed by atoms with Crippen molar-refractivity contribution in [2.45, 2.75) is 32.6 Å². The highest BCUT2D eigenvalue weighted by molar-refractivity contribution is 5.91. The molecule has 1 amide bonds. The summed E-state index contributed by atoms with van der Waals surface area (Å²) in [5.74, 6) is 0.296. The van der Waals surface area contributed by atoms with Crippen LogP contribution >= 0.6 is 0 Å². The monoisotopic (exact) mass is 207 g/mol. The molecule has 0 saturated heterocycles. The number of carbonyl (C=O) groups is 1. The molecule has 1 fully saturated rings. The molecule has 15 heavy (non-hydrogen) atoms. The number of furan rings is 1. The topological polar surface area (TPSA) is 42.2 Å². The highest BCUT2D eigenvalue weighted by atomic mass is 16.3. The minimum Gasteiger partial charge on any atom is -0.459 e. The lowest BCUT2D eigenvalue weighted by Gasteiger charge is -2.23. The Hall–Kier alpha value is -1.25. The van der Waals surface area contributed by atoms with Gasteiger partial charge in [0.05, 0.1) is 6.26 Å². The Kier molecular flexibility index (Phi) is 2.80. The summed E-state index contributed by atoms with van der Waals surface area (Å²) >= 11 is 0. The molecule has 1 aliphatic rings. The zero-order chi connectivity index (χ0) is 10.7. The molecule has 82 valence electrons. The fourth-order valence-corrected chi connectivity index (χ4v) is 2.19. The smallest absolute Gasteiger partial charge is 0.286 e. The molecule has 1 aromatic heterocycles. The molecule has 3 heteroatoms. The van der Waals surface area contributed by atoms with Crippen molar-refractivity contribution in [1.82, 2.24) is 5.32 Å². The number of carbonyl (C=O) groups excluding carboxylic acids is 1. The van der Waals surface area contributed by atoms with Gasteiger partial charge in [0.1, 0.15) is 0 Å². The van der Waals surface area contributed by atoms with Crippen LogP contribution in [-0.2, 0) is 0 Å². The second kappa shape index (κ2) is 4.09. The summed E-state index contributed by atoms with van der Waals surface area (Å²) in [5.41, 5.74) is 0.294. The van der Waals surface area contributed by atoms with Crippen molar-refractivity contribution in [1.29, 1.82) is 0 Å². The van der Waals surface area contributed by atoms with Crippen LogP contribution in [0.4, 0.5) is 0 Å². The SMILES string of the molecule is CC1(CNC(=O)c2ccco2)CCCC1. The van der Waals surface area contributed by atoms with Crippen molar-refractivity contribution >= 4 is 5.91 Å². The molecule has 0 aromatic carbocycles. The van der Waals surface area contributed by atoms with Crippen molar-refractivity contribution in [2.75, 3.05) is 6.54 Å². The Morgan fingerprint density at radius 2 is 2.27 bits per heavy atom. The molecule has 1 aliphatic carbocycles. The lowest BCUT2D eigenvalue weighted by Crippen LogP contribution is -2.33. The van der Waals surface area contributed by atoms with Crippen LogP contribution in [0, 0.1) is 5.41 Å². The van der Waals surface area contributed by atoms with E-state index in [4.69, 9.17) is 4.42 Å². The highest BCUT2D eigenvalue weighted by Crippen LogP contribution is 2.36. The van der Waals surface area contributed by atoms with E-state index in [1.807, 2.05) is 0 Å². The second-order valence-electron chi connectivity index (χ2n) is 4.68. The van der Waals surface area contributed by atoms with E-state index in [0.29, 0.717) is 11.2 Å². The molecule has 1 saturated carbocycles. The van der Waals surface area contributed by atoms with Crippen LogP contribution in [0.25, 0.3) is 0 Å². The molecule has 3 nitrogen and oxygen atoms in total. The number of amides is 1. The van der Waals surface area contributed by atoms with Gasteiger partial charge in [-0.05, 0) is 30.4 Å². The fraction of sp³-hybridized carbons (Fsp3) is 0.583. The Morgan fingerprint density at radius 3 is 2.87 bits per heavy atom. The molecular formula is C12H17NO2. The summed E-state index contributed by atoms with van der Waals surface area (Å²) < 4.78 is 5.03. The van der Waals surface area contributed by atoms with Gasteiger partial charge in [0.25, 0.3) is 5.91 Å². The van der Waals surface area contributed by atoms with Crippen LogP contribution in [0.3, 0.4) is 0 Å². The molecule has 0 aliphatic heterocycles. The van der Waals surface area contributed by atoms with Crippen molar-refractivity contribution in [3.05, 3.63) is 24.2 Å². The third-order valence-corrected chi connectivity index (χ3v) is 3.23. The summed E-state index contributed by atoms with van der Waals surface area (Å²) in [6.07, 6.45) is 6.52. The Labute approximate surface area is 89.9 Å². The van der Waals surface area contributed by atoms with Crippen LogP contribution in [0.5, 0.6) is 0 Å². The van der Waals surface area contributed by atoms with E-state index >= 15 is 0 Å². The van der Waals surface area contributed by atoms with Gasteiger partial charge < -0.3 is 9.73 Å². The molecule has 0 atom stereocenters. The van der Waals surface area contributed by atoms with Gasteiger partial charge in [0.2, 0.25) is 0 Å². The first-order valence-electron chi connectivity index (χ1n) is 5.51. The fourth-order valence-electron chi connectivity index (χ4n) is 2.19. The molecule has 0 bridgehead atoms. The lowest BCUT2D eigenvalue weighted by atomic mass is 9.89. The number of nitrogens with one attached hydrogen (secondary N) is 1. The molecule has 1 N–H and O–H groups in total. The van der Waals surface area contributed by atoms with Crippen molar-refractivity contribution in [3.8, 4) is 0 Å². The van der Waals surface area contributed by atoms with Gasteiger partial charge in [0, 0.05) is 6.54 Å². The van der Waals surface area contributed by atoms with Gasteiger partial charge in [0.15, 0.2) is 5.76 Å². The number of rotatable bonds is 3. The summed E-state index contributed by atoms with van der Waals surface area (Å²) in [6.45, 7) is 2.99. The average Bonchev–Trinajstić information content (AvgIpc) is 2.85. The zero-order valence-electron chi connectivity index (χ0n) is 9.08. The largest absolute Gasteiger partial charge is 0.459 e. The van der Waals surface area contributed by atoms with Gasteiger partial charge in [-0.2, -0.15) is 0 Å². The van der Waals surface area contributed by atoms with Crippen molar-refractivity contribution in [2.24, 2.45) is 5.41 Å². The quantitative estimate of drug-likeness (QED) is 0.827. The molecule has 0 radical (unpaired) electrons. The average molecular weight is 207 g/mol. The van der Waals surface area contributed by atoms with E-state index in [9.17, 15) is 4.79 Å². The van der Waals surface area contributed by atoms with Gasteiger partial charge in [-0.15, -0.1) is 0 Å². The highest BCUT2D eigenvalue weighted by Gasteiger charge is 2.29. The number of hydrogen-bond acceptors (Lipinski definition) is 2. The van der Waals surface area contributed by atoms with Crippen molar-refractivity contribution < 1.29 is 9.21 Å². The predicted octanol–water partition coefficient (Wildman–Crippen LogP) is 2.59. The van der Waals surface area contributed by atoms with E-state index < -0.39 is 0 Å². The first-order chi connectivity index (χ1) is 7.20. The van der Waals surface area contributed by atoms with E-state index in [1.165, 1.54) is 31.9 Å². The maximum atomic E-state index is 11.6. The van der Waals surface area contributed by atoms with Gasteiger partial charge >= 0.3 is 0 Å². The summed E-state index contributed by atoms with van der Waals surface area (Å²) in [5, 5.41) is 2.93. The molecule has 2 rings (SSSR count). The molecule has 1 heterocycles. The maximum absolute atomic E-state index is 11.6. The first-order valence-corrected chi connectivity index (χ1v) is 5.51. The summed E-state index contributed by atoms with van der Waals surface area (Å²) in [7, 11) is 0.